The van der Waals surface area contributed by atoms with Crippen LogP contribution in [0.1, 0.15) is 31.2 Å². The van der Waals surface area contributed by atoms with Crippen LogP contribution in [0.4, 0.5) is 0 Å². The van der Waals surface area contributed by atoms with Crippen LogP contribution in [0, 0.1) is 6.92 Å². The Kier molecular flexibility index (Phi) is 3.75. The van der Waals surface area contributed by atoms with Crippen molar-refractivity contribution in [1.82, 2.24) is 19.7 Å². The molecule has 0 fully saturated rings. The number of methoxy groups -OCH3 is 1. The highest BCUT2D eigenvalue weighted by Gasteiger charge is 2.20. The van der Waals surface area contributed by atoms with Gasteiger partial charge in [-0.05, 0) is 18.9 Å². The van der Waals surface area contributed by atoms with Gasteiger partial charge < -0.3 is 4.74 Å². The normalized spacial score (nSPS) is 11.1. The molecule has 0 spiro atoms. The van der Waals surface area contributed by atoms with E-state index in [1.165, 1.54) is 0 Å². The van der Waals surface area contributed by atoms with E-state index in [-0.39, 0.29) is 5.92 Å². The first-order chi connectivity index (χ1) is 8.93. The van der Waals surface area contributed by atoms with Crippen molar-refractivity contribution in [1.29, 1.82) is 0 Å². The molecule has 0 N–H and O–H groups in total. The van der Waals surface area contributed by atoms with E-state index in [2.05, 4.69) is 28.9 Å². The quantitative estimate of drug-likeness (QED) is 0.811. The minimum Gasteiger partial charge on any atom is -0.481 e. The third-order valence-electron chi connectivity index (χ3n) is 2.89. The molecule has 0 aliphatic carbocycles. The molecule has 19 heavy (non-hydrogen) atoms. The van der Waals surface area contributed by atoms with Gasteiger partial charge in [0.15, 0.2) is 5.82 Å². The minimum atomic E-state index is 0.280. The lowest BCUT2D eigenvalue weighted by molar-refractivity contribution is 0.374. The van der Waals surface area contributed by atoms with Gasteiger partial charge in [0.05, 0.1) is 12.8 Å². The highest BCUT2D eigenvalue weighted by Crippen LogP contribution is 2.31. The summed E-state index contributed by atoms with van der Waals surface area (Å²) in [6.07, 6.45) is 0. The smallest absolute Gasteiger partial charge is 0.222 e. The van der Waals surface area contributed by atoms with Gasteiger partial charge in [0.2, 0.25) is 5.88 Å². The molecule has 2 aromatic rings. The number of halogens is 1. The van der Waals surface area contributed by atoms with E-state index in [0.717, 1.165) is 17.0 Å². The number of aryl methyl sites for hydroxylation is 2. The van der Waals surface area contributed by atoms with Gasteiger partial charge in [-0.3, -0.25) is 0 Å². The highest BCUT2D eigenvalue weighted by molar-refractivity contribution is 6.29. The molecule has 0 aliphatic rings. The Balaban J connectivity index is 2.65. The maximum Gasteiger partial charge on any atom is 0.222 e. The van der Waals surface area contributed by atoms with Crippen LogP contribution in [0.3, 0.4) is 0 Å². The zero-order chi connectivity index (χ0) is 14.2. The SMILES string of the molecule is COc1c(-c2nc(Cl)cc(C(C)C)n2)c(C)nn1C. The maximum atomic E-state index is 6.08. The van der Waals surface area contributed by atoms with Crippen molar-refractivity contribution in [2.24, 2.45) is 7.05 Å². The number of hydrogen-bond acceptors (Lipinski definition) is 4. The molecule has 0 unspecified atom stereocenters. The predicted molar refractivity (Wildman–Crippen MR) is 74.6 cm³/mol. The molecule has 0 aromatic carbocycles. The van der Waals surface area contributed by atoms with E-state index >= 15 is 0 Å². The Hall–Kier alpha value is -1.62. The summed E-state index contributed by atoms with van der Waals surface area (Å²) in [5.41, 5.74) is 2.51. The van der Waals surface area contributed by atoms with Crippen molar-refractivity contribution in [2.75, 3.05) is 7.11 Å². The van der Waals surface area contributed by atoms with E-state index in [1.807, 2.05) is 14.0 Å². The molecule has 102 valence electrons. The largest absolute Gasteiger partial charge is 0.481 e. The lowest BCUT2D eigenvalue weighted by Crippen LogP contribution is -2.00. The van der Waals surface area contributed by atoms with E-state index in [1.54, 1.807) is 17.9 Å². The van der Waals surface area contributed by atoms with Crippen LogP contribution in [0.2, 0.25) is 5.15 Å². The average Bonchev–Trinajstić information content (AvgIpc) is 2.62. The van der Waals surface area contributed by atoms with Crippen LogP contribution in [-0.2, 0) is 7.05 Å². The first-order valence-corrected chi connectivity index (χ1v) is 6.44. The fourth-order valence-electron chi connectivity index (χ4n) is 1.97. The molecule has 0 radical (unpaired) electrons. The summed E-state index contributed by atoms with van der Waals surface area (Å²) in [4.78, 5) is 8.85. The number of aromatic nitrogens is 4. The van der Waals surface area contributed by atoms with Gasteiger partial charge in [0.25, 0.3) is 0 Å². The third kappa shape index (κ3) is 2.56. The van der Waals surface area contributed by atoms with E-state index < -0.39 is 0 Å². The first-order valence-electron chi connectivity index (χ1n) is 6.06. The molecule has 0 saturated heterocycles. The standard InChI is InChI=1S/C13H17ClN4O/c1-7(2)9-6-10(14)16-12(15-9)11-8(3)17-18(4)13(11)19-5/h6-7H,1-5H3. The lowest BCUT2D eigenvalue weighted by Gasteiger charge is -2.08. The second-order valence-electron chi connectivity index (χ2n) is 4.69. The summed E-state index contributed by atoms with van der Waals surface area (Å²) >= 11 is 6.08. The molecule has 0 saturated carbocycles. The van der Waals surface area contributed by atoms with Gasteiger partial charge in [0, 0.05) is 12.7 Å². The molecule has 0 amide bonds. The molecular formula is C13H17ClN4O. The third-order valence-corrected chi connectivity index (χ3v) is 3.09. The van der Waals surface area contributed by atoms with Gasteiger partial charge in [0.1, 0.15) is 10.7 Å². The fraction of sp³-hybridized carbons (Fsp3) is 0.462. The second-order valence-corrected chi connectivity index (χ2v) is 5.07. The lowest BCUT2D eigenvalue weighted by atomic mass is 10.1. The van der Waals surface area contributed by atoms with Crippen molar-refractivity contribution in [3.63, 3.8) is 0 Å². The van der Waals surface area contributed by atoms with Gasteiger partial charge in [-0.15, -0.1) is 0 Å². The number of ether oxygens (including phenoxy) is 1. The molecule has 2 heterocycles. The van der Waals surface area contributed by atoms with Crippen LogP contribution < -0.4 is 4.74 Å². The summed E-state index contributed by atoms with van der Waals surface area (Å²) < 4.78 is 7.04. The van der Waals surface area contributed by atoms with E-state index in [9.17, 15) is 0 Å². The zero-order valence-corrected chi connectivity index (χ0v) is 12.5. The summed E-state index contributed by atoms with van der Waals surface area (Å²) in [7, 11) is 3.43. The van der Waals surface area contributed by atoms with E-state index in [4.69, 9.17) is 16.3 Å². The van der Waals surface area contributed by atoms with Crippen molar-refractivity contribution in [3.05, 3.63) is 22.6 Å². The molecule has 6 heteroatoms. The van der Waals surface area contributed by atoms with Crippen LogP contribution in [0.15, 0.2) is 6.07 Å². The Bertz CT molecular complexity index is 607. The van der Waals surface area contributed by atoms with Crippen LogP contribution >= 0.6 is 11.6 Å². The topological polar surface area (TPSA) is 52.8 Å². The summed E-state index contributed by atoms with van der Waals surface area (Å²) in [5.74, 6) is 1.47. The van der Waals surface area contributed by atoms with E-state index in [0.29, 0.717) is 16.9 Å². The Morgan fingerprint density at radius 3 is 2.58 bits per heavy atom. The molecular weight excluding hydrogens is 264 g/mol. The summed E-state index contributed by atoms with van der Waals surface area (Å²) in [6, 6.07) is 1.79. The van der Waals surface area contributed by atoms with Crippen molar-refractivity contribution >= 4 is 11.6 Å². The Morgan fingerprint density at radius 2 is 2.00 bits per heavy atom. The number of rotatable bonds is 3. The molecule has 2 aromatic heterocycles. The maximum absolute atomic E-state index is 6.08. The monoisotopic (exact) mass is 280 g/mol. The zero-order valence-electron chi connectivity index (χ0n) is 11.7. The second kappa shape index (κ2) is 5.17. The van der Waals surface area contributed by atoms with Crippen molar-refractivity contribution < 1.29 is 4.74 Å². The van der Waals surface area contributed by atoms with Crippen molar-refractivity contribution in [3.8, 4) is 17.3 Å². The summed E-state index contributed by atoms with van der Waals surface area (Å²) in [6.45, 7) is 6.03. The van der Waals surface area contributed by atoms with Gasteiger partial charge in [-0.25, -0.2) is 14.6 Å². The van der Waals surface area contributed by atoms with Gasteiger partial charge in [-0.1, -0.05) is 25.4 Å². The molecule has 0 aliphatic heterocycles. The highest BCUT2D eigenvalue weighted by atomic mass is 35.5. The first kappa shape index (κ1) is 13.8. The molecule has 0 bridgehead atoms. The molecule has 2 rings (SSSR count). The average molecular weight is 281 g/mol. The van der Waals surface area contributed by atoms with Crippen LogP contribution in [0.5, 0.6) is 5.88 Å². The van der Waals surface area contributed by atoms with Crippen LogP contribution in [-0.4, -0.2) is 26.9 Å². The van der Waals surface area contributed by atoms with Gasteiger partial charge in [-0.2, -0.15) is 5.10 Å². The summed E-state index contributed by atoms with van der Waals surface area (Å²) in [5, 5.41) is 4.76. The van der Waals surface area contributed by atoms with Crippen LogP contribution in [0.25, 0.3) is 11.4 Å². The fourth-order valence-corrected chi connectivity index (χ4v) is 2.16. The Morgan fingerprint density at radius 1 is 1.32 bits per heavy atom. The molecule has 0 atom stereocenters. The predicted octanol–water partition coefficient (Wildman–Crippen LogP) is 2.97. The molecule has 5 nitrogen and oxygen atoms in total. The number of nitrogens with zero attached hydrogens (tertiary/aromatic N) is 4. The van der Waals surface area contributed by atoms with Crippen molar-refractivity contribution in [2.45, 2.75) is 26.7 Å². The Labute approximate surface area is 117 Å². The van der Waals surface area contributed by atoms with Gasteiger partial charge >= 0.3 is 0 Å². The minimum absolute atomic E-state index is 0.280. The number of hydrogen-bond donors (Lipinski definition) is 0.